The standard InChI is InChI=1S/C16H22ClN3O2.ClH/c1-12-11-20(10-9-18-12)15(21)3-2-8-19-16(22)13-4-6-14(17)7-5-13;/h4-7,12,18H,2-3,8-11H2,1H3,(H,19,22);1H. The summed E-state index contributed by atoms with van der Waals surface area (Å²) >= 11 is 5.78. The number of nitrogens with one attached hydrogen (secondary N) is 2. The van der Waals surface area contributed by atoms with Crippen LogP contribution < -0.4 is 10.6 Å². The first-order chi connectivity index (χ1) is 10.6. The summed E-state index contributed by atoms with van der Waals surface area (Å²) in [6.07, 6.45) is 1.12. The highest BCUT2D eigenvalue weighted by molar-refractivity contribution is 6.30. The minimum Gasteiger partial charge on any atom is -0.352 e. The normalized spacial score (nSPS) is 17.3. The summed E-state index contributed by atoms with van der Waals surface area (Å²) in [6, 6.07) is 7.09. The third-order valence-corrected chi connectivity index (χ3v) is 3.93. The summed E-state index contributed by atoms with van der Waals surface area (Å²) < 4.78 is 0. The molecular weight excluding hydrogens is 337 g/mol. The number of carbonyl (C=O) groups is 2. The number of piperazine rings is 1. The van der Waals surface area contributed by atoms with Crippen molar-refractivity contribution in [1.29, 1.82) is 0 Å². The fourth-order valence-electron chi connectivity index (χ4n) is 2.46. The summed E-state index contributed by atoms with van der Waals surface area (Å²) in [5.41, 5.74) is 0.576. The Balaban J connectivity index is 0.00000264. The zero-order valence-electron chi connectivity index (χ0n) is 13.2. The third-order valence-electron chi connectivity index (χ3n) is 3.68. The van der Waals surface area contributed by atoms with Crippen molar-refractivity contribution in [2.75, 3.05) is 26.2 Å². The van der Waals surface area contributed by atoms with Gasteiger partial charge in [-0.25, -0.2) is 0 Å². The molecule has 0 spiro atoms. The van der Waals surface area contributed by atoms with Crippen LogP contribution in [0.1, 0.15) is 30.1 Å². The number of nitrogens with zero attached hydrogens (tertiary/aromatic N) is 1. The predicted molar refractivity (Wildman–Crippen MR) is 94.3 cm³/mol. The average molecular weight is 360 g/mol. The number of carbonyl (C=O) groups excluding carboxylic acids is 2. The molecule has 23 heavy (non-hydrogen) atoms. The Morgan fingerprint density at radius 2 is 2.04 bits per heavy atom. The van der Waals surface area contributed by atoms with Crippen molar-refractivity contribution in [3.63, 3.8) is 0 Å². The molecule has 1 aromatic rings. The van der Waals surface area contributed by atoms with Gasteiger partial charge in [-0.15, -0.1) is 12.4 Å². The van der Waals surface area contributed by atoms with Crippen LogP contribution in [-0.4, -0.2) is 48.9 Å². The van der Waals surface area contributed by atoms with Gasteiger partial charge in [0.2, 0.25) is 5.91 Å². The van der Waals surface area contributed by atoms with Crippen LogP contribution in [-0.2, 0) is 4.79 Å². The van der Waals surface area contributed by atoms with Crippen LogP contribution in [0.2, 0.25) is 5.02 Å². The van der Waals surface area contributed by atoms with Crippen molar-refractivity contribution >= 4 is 35.8 Å². The molecule has 1 atom stereocenters. The molecule has 128 valence electrons. The van der Waals surface area contributed by atoms with Crippen molar-refractivity contribution in [2.24, 2.45) is 0 Å². The number of hydrogen-bond acceptors (Lipinski definition) is 3. The maximum atomic E-state index is 12.1. The van der Waals surface area contributed by atoms with Crippen LogP contribution in [0.25, 0.3) is 0 Å². The van der Waals surface area contributed by atoms with E-state index in [0.29, 0.717) is 36.0 Å². The van der Waals surface area contributed by atoms with Gasteiger partial charge in [0.1, 0.15) is 0 Å². The summed E-state index contributed by atoms with van der Waals surface area (Å²) in [5.74, 6) is 0.0222. The smallest absolute Gasteiger partial charge is 0.251 e. The molecule has 1 fully saturated rings. The molecule has 1 aliphatic rings. The lowest BCUT2D eigenvalue weighted by Crippen LogP contribution is -2.51. The largest absolute Gasteiger partial charge is 0.352 e. The van der Waals surface area contributed by atoms with E-state index in [0.717, 1.165) is 19.6 Å². The lowest BCUT2D eigenvalue weighted by atomic mass is 10.2. The van der Waals surface area contributed by atoms with Gasteiger partial charge in [0, 0.05) is 49.2 Å². The van der Waals surface area contributed by atoms with Gasteiger partial charge < -0.3 is 15.5 Å². The average Bonchev–Trinajstić information content (AvgIpc) is 2.51. The molecule has 0 bridgehead atoms. The summed E-state index contributed by atoms with van der Waals surface area (Å²) in [7, 11) is 0. The second kappa shape index (κ2) is 9.75. The molecule has 5 nitrogen and oxygen atoms in total. The molecule has 1 aliphatic heterocycles. The van der Waals surface area contributed by atoms with Crippen LogP contribution in [0.3, 0.4) is 0 Å². The lowest BCUT2D eigenvalue weighted by Gasteiger charge is -2.32. The lowest BCUT2D eigenvalue weighted by molar-refractivity contribution is -0.132. The molecule has 2 amide bonds. The number of amides is 2. The Kier molecular flexibility index (Phi) is 8.37. The molecular formula is C16H23Cl2N3O2. The van der Waals surface area contributed by atoms with Gasteiger partial charge in [0.15, 0.2) is 0 Å². The molecule has 0 radical (unpaired) electrons. The molecule has 2 rings (SSSR count). The monoisotopic (exact) mass is 359 g/mol. The molecule has 1 unspecified atom stereocenters. The Bertz CT molecular complexity index is 523. The zero-order chi connectivity index (χ0) is 15.9. The van der Waals surface area contributed by atoms with E-state index in [9.17, 15) is 9.59 Å². The first-order valence-corrected chi connectivity index (χ1v) is 7.99. The molecule has 1 heterocycles. The van der Waals surface area contributed by atoms with Crippen molar-refractivity contribution < 1.29 is 9.59 Å². The van der Waals surface area contributed by atoms with Gasteiger partial charge >= 0.3 is 0 Å². The summed E-state index contributed by atoms with van der Waals surface area (Å²) in [4.78, 5) is 25.8. The van der Waals surface area contributed by atoms with E-state index in [2.05, 4.69) is 17.6 Å². The van der Waals surface area contributed by atoms with Crippen molar-refractivity contribution in [1.82, 2.24) is 15.5 Å². The van der Waals surface area contributed by atoms with Crippen LogP contribution >= 0.6 is 24.0 Å². The Morgan fingerprint density at radius 1 is 1.35 bits per heavy atom. The maximum Gasteiger partial charge on any atom is 0.251 e. The van der Waals surface area contributed by atoms with Crippen LogP contribution in [0, 0.1) is 0 Å². The third kappa shape index (κ3) is 6.37. The molecule has 0 aromatic heterocycles. The highest BCUT2D eigenvalue weighted by Gasteiger charge is 2.19. The number of benzene rings is 1. The van der Waals surface area contributed by atoms with E-state index in [1.807, 2.05) is 4.90 Å². The van der Waals surface area contributed by atoms with Crippen molar-refractivity contribution in [3.05, 3.63) is 34.9 Å². The Morgan fingerprint density at radius 3 is 2.70 bits per heavy atom. The van der Waals surface area contributed by atoms with Crippen molar-refractivity contribution in [3.8, 4) is 0 Å². The van der Waals surface area contributed by atoms with Gasteiger partial charge in [-0.3, -0.25) is 9.59 Å². The van der Waals surface area contributed by atoms with Gasteiger partial charge in [0.25, 0.3) is 5.91 Å². The molecule has 7 heteroatoms. The van der Waals surface area contributed by atoms with Gasteiger partial charge in [-0.2, -0.15) is 0 Å². The number of hydrogen-bond donors (Lipinski definition) is 2. The fourth-order valence-corrected chi connectivity index (χ4v) is 2.59. The van der Waals surface area contributed by atoms with Crippen LogP contribution in [0.5, 0.6) is 0 Å². The van der Waals surface area contributed by atoms with Crippen molar-refractivity contribution in [2.45, 2.75) is 25.8 Å². The topological polar surface area (TPSA) is 61.4 Å². The van der Waals surface area contributed by atoms with E-state index >= 15 is 0 Å². The van der Waals surface area contributed by atoms with Crippen LogP contribution in [0.15, 0.2) is 24.3 Å². The summed E-state index contributed by atoms with van der Waals surface area (Å²) in [6.45, 7) is 4.94. The van der Waals surface area contributed by atoms with Gasteiger partial charge in [-0.1, -0.05) is 11.6 Å². The minimum absolute atomic E-state index is 0. The predicted octanol–water partition coefficient (Wildman–Crippen LogP) is 2.09. The van der Waals surface area contributed by atoms with Crippen LogP contribution in [0.4, 0.5) is 0 Å². The highest BCUT2D eigenvalue weighted by Crippen LogP contribution is 2.09. The van der Waals surface area contributed by atoms with E-state index in [-0.39, 0.29) is 24.2 Å². The quantitative estimate of drug-likeness (QED) is 0.791. The van der Waals surface area contributed by atoms with Gasteiger partial charge in [0.05, 0.1) is 0 Å². The SMILES string of the molecule is CC1CN(C(=O)CCCNC(=O)c2ccc(Cl)cc2)CCN1.Cl. The Labute approximate surface area is 148 Å². The van der Waals surface area contributed by atoms with Gasteiger partial charge in [-0.05, 0) is 37.6 Å². The second-order valence-corrected chi connectivity index (χ2v) is 6.00. The molecule has 0 aliphatic carbocycles. The van der Waals surface area contributed by atoms with E-state index in [1.165, 1.54) is 0 Å². The minimum atomic E-state index is -0.139. The van der Waals surface area contributed by atoms with E-state index in [1.54, 1.807) is 24.3 Å². The number of halogens is 2. The zero-order valence-corrected chi connectivity index (χ0v) is 14.8. The first-order valence-electron chi connectivity index (χ1n) is 7.61. The highest BCUT2D eigenvalue weighted by atomic mass is 35.5. The first kappa shape index (κ1) is 19.7. The molecule has 1 saturated heterocycles. The number of rotatable bonds is 5. The molecule has 0 saturated carbocycles. The second-order valence-electron chi connectivity index (χ2n) is 5.56. The van der Waals surface area contributed by atoms with E-state index in [4.69, 9.17) is 11.6 Å². The molecule has 2 N–H and O–H groups in total. The molecule has 1 aromatic carbocycles. The summed E-state index contributed by atoms with van der Waals surface area (Å²) in [5, 5.41) is 6.74. The maximum absolute atomic E-state index is 12.1. The Hall–Kier alpha value is -1.30. The van der Waals surface area contributed by atoms with E-state index < -0.39 is 0 Å². The fraction of sp³-hybridized carbons (Fsp3) is 0.500.